The van der Waals surface area contributed by atoms with Gasteiger partial charge in [-0.15, -0.1) is 11.8 Å². The van der Waals surface area contributed by atoms with Crippen molar-refractivity contribution in [1.29, 1.82) is 0 Å². The van der Waals surface area contributed by atoms with Crippen molar-refractivity contribution in [3.05, 3.63) is 30.3 Å². The number of hydrogen-bond acceptors (Lipinski definition) is 3. The Hall–Kier alpha value is -1.00. The molecule has 0 spiro atoms. The maximum atomic E-state index is 12.6. The molecular formula is C15H22N2OS. The number of amides is 1. The summed E-state index contributed by atoms with van der Waals surface area (Å²) in [6.07, 6.45) is 1.83. The van der Waals surface area contributed by atoms with Crippen LogP contribution in [0.4, 0.5) is 0 Å². The van der Waals surface area contributed by atoms with Crippen molar-refractivity contribution >= 4 is 17.7 Å². The second kappa shape index (κ2) is 5.97. The second-order valence-corrected chi connectivity index (χ2v) is 7.25. The third kappa shape index (κ3) is 3.74. The lowest BCUT2D eigenvalue weighted by molar-refractivity contribution is -0.133. The van der Waals surface area contributed by atoms with Gasteiger partial charge in [-0.25, -0.2) is 0 Å². The van der Waals surface area contributed by atoms with E-state index < -0.39 is 4.75 Å². The molecule has 3 nitrogen and oxygen atoms in total. The van der Waals surface area contributed by atoms with E-state index in [1.807, 2.05) is 49.1 Å². The highest BCUT2D eigenvalue weighted by Gasteiger charge is 2.34. The smallest absolute Gasteiger partial charge is 0.238 e. The minimum Gasteiger partial charge on any atom is -0.341 e. The average molecular weight is 278 g/mol. The Morgan fingerprint density at radius 2 is 1.84 bits per heavy atom. The van der Waals surface area contributed by atoms with Gasteiger partial charge in [-0.1, -0.05) is 18.2 Å². The van der Waals surface area contributed by atoms with E-state index in [0.29, 0.717) is 0 Å². The minimum atomic E-state index is -0.428. The SMILES string of the molecule is CC(C)(Sc1ccccc1)C(=O)N1CCC(N)CC1. The number of hydrogen-bond donors (Lipinski definition) is 1. The van der Waals surface area contributed by atoms with Gasteiger partial charge in [0.15, 0.2) is 0 Å². The molecule has 19 heavy (non-hydrogen) atoms. The molecule has 2 N–H and O–H groups in total. The van der Waals surface area contributed by atoms with E-state index in [1.54, 1.807) is 11.8 Å². The molecule has 0 saturated carbocycles. The highest BCUT2D eigenvalue weighted by molar-refractivity contribution is 8.01. The molecule has 1 aliphatic rings. The molecule has 1 aromatic carbocycles. The van der Waals surface area contributed by atoms with Crippen molar-refractivity contribution in [3.63, 3.8) is 0 Å². The van der Waals surface area contributed by atoms with E-state index >= 15 is 0 Å². The first-order valence-corrected chi connectivity index (χ1v) is 7.60. The summed E-state index contributed by atoms with van der Waals surface area (Å²) in [4.78, 5) is 15.7. The minimum absolute atomic E-state index is 0.216. The molecule has 1 heterocycles. The third-order valence-electron chi connectivity index (χ3n) is 3.46. The summed E-state index contributed by atoms with van der Waals surface area (Å²) < 4.78 is -0.428. The lowest BCUT2D eigenvalue weighted by Crippen LogP contribution is -2.49. The summed E-state index contributed by atoms with van der Waals surface area (Å²) in [5.74, 6) is 0.216. The number of rotatable bonds is 3. The molecular weight excluding hydrogens is 256 g/mol. The number of benzene rings is 1. The summed E-state index contributed by atoms with van der Waals surface area (Å²) in [6.45, 7) is 5.58. The van der Waals surface area contributed by atoms with E-state index in [-0.39, 0.29) is 11.9 Å². The molecule has 0 bridgehead atoms. The number of piperidine rings is 1. The average Bonchev–Trinajstić information content (AvgIpc) is 2.39. The number of carbonyl (C=O) groups excluding carboxylic acids is 1. The molecule has 1 amide bonds. The Kier molecular flexibility index (Phi) is 4.53. The predicted octanol–water partition coefficient (Wildman–Crippen LogP) is 2.51. The van der Waals surface area contributed by atoms with E-state index in [2.05, 4.69) is 0 Å². The van der Waals surface area contributed by atoms with Crippen LogP contribution >= 0.6 is 11.8 Å². The third-order valence-corrected chi connectivity index (χ3v) is 4.65. The normalized spacial score (nSPS) is 17.5. The van der Waals surface area contributed by atoms with Gasteiger partial charge in [-0.3, -0.25) is 4.79 Å². The van der Waals surface area contributed by atoms with Gasteiger partial charge in [0, 0.05) is 24.0 Å². The van der Waals surface area contributed by atoms with Crippen LogP contribution in [0, 0.1) is 0 Å². The fourth-order valence-electron chi connectivity index (χ4n) is 2.31. The fraction of sp³-hybridized carbons (Fsp3) is 0.533. The Bertz CT molecular complexity index is 425. The Morgan fingerprint density at radius 1 is 1.26 bits per heavy atom. The van der Waals surface area contributed by atoms with Gasteiger partial charge in [0.1, 0.15) is 0 Å². The first kappa shape index (κ1) is 14.4. The first-order chi connectivity index (χ1) is 8.99. The van der Waals surface area contributed by atoms with Crippen molar-refractivity contribution in [2.45, 2.75) is 42.4 Å². The number of thioether (sulfide) groups is 1. The number of nitrogens with two attached hydrogens (primary N) is 1. The predicted molar refractivity (Wildman–Crippen MR) is 80.2 cm³/mol. The van der Waals surface area contributed by atoms with Crippen LogP contribution in [0.15, 0.2) is 35.2 Å². The lowest BCUT2D eigenvalue weighted by Gasteiger charge is -2.35. The van der Waals surface area contributed by atoms with Crippen molar-refractivity contribution in [3.8, 4) is 0 Å². The highest BCUT2D eigenvalue weighted by atomic mass is 32.2. The Morgan fingerprint density at radius 3 is 2.42 bits per heavy atom. The van der Waals surface area contributed by atoms with E-state index in [1.165, 1.54) is 0 Å². The monoisotopic (exact) mass is 278 g/mol. The molecule has 1 saturated heterocycles. The van der Waals surface area contributed by atoms with Crippen LogP contribution in [0.2, 0.25) is 0 Å². The second-order valence-electron chi connectivity index (χ2n) is 5.56. The highest BCUT2D eigenvalue weighted by Crippen LogP contribution is 2.34. The lowest BCUT2D eigenvalue weighted by atomic mass is 10.0. The van der Waals surface area contributed by atoms with Gasteiger partial charge >= 0.3 is 0 Å². The molecule has 0 aliphatic carbocycles. The molecule has 0 unspecified atom stereocenters. The van der Waals surface area contributed by atoms with Gasteiger partial charge in [0.25, 0.3) is 0 Å². The van der Waals surface area contributed by atoms with Crippen LogP contribution in [0.25, 0.3) is 0 Å². The van der Waals surface area contributed by atoms with E-state index in [9.17, 15) is 4.79 Å². The number of likely N-dealkylation sites (tertiary alicyclic amines) is 1. The maximum Gasteiger partial charge on any atom is 0.238 e. The first-order valence-electron chi connectivity index (χ1n) is 6.78. The molecule has 4 heteroatoms. The van der Waals surface area contributed by atoms with Crippen molar-refractivity contribution in [2.24, 2.45) is 5.73 Å². The van der Waals surface area contributed by atoms with Crippen LogP contribution in [0.5, 0.6) is 0 Å². The molecule has 1 aromatic rings. The van der Waals surface area contributed by atoms with Crippen LogP contribution in [0.3, 0.4) is 0 Å². The topological polar surface area (TPSA) is 46.3 Å². The molecule has 2 rings (SSSR count). The zero-order valence-corrected chi connectivity index (χ0v) is 12.5. The molecule has 0 aromatic heterocycles. The van der Waals surface area contributed by atoms with Crippen LogP contribution < -0.4 is 5.73 Å². The summed E-state index contributed by atoms with van der Waals surface area (Å²) in [5.41, 5.74) is 5.89. The van der Waals surface area contributed by atoms with Gasteiger partial charge < -0.3 is 10.6 Å². The van der Waals surface area contributed by atoms with Gasteiger partial charge in [0.05, 0.1) is 4.75 Å². The quantitative estimate of drug-likeness (QED) is 0.864. The van der Waals surface area contributed by atoms with Crippen molar-refractivity contribution < 1.29 is 4.79 Å². The molecule has 0 radical (unpaired) electrons. The van der Waals surface area contributed by atoms with Crippen molar-refractivity contribution in [1.82, 2.24) is 4.90 Å². The number of nitrogens with zero attached hydrogens (tertiary/aromatic N) is 1. The van der Waals surface area contributed by atoms with Crippen LogP contribution in [-0.4, -0.2) is 34.7 Å². The Labute approximate surface area is 119 Å². The molecule has 1 fully saturated rings. The maximum absolute atomic E-state index is 12.6. The Balaban J connectivity index is 2.00. The zero-order chi connectivity index (χ0) is 13.9. The zero-order valence-electron chi connectivity index (χ0n) is 11.6. The summed E-state index contributed by atoms with van der Waals surface area (Å²) in [5, 5.41) is 0. The van der Waals surface area contributed by atoms with E-state index in [0.717, 1.165) is 30.8 Å². The molecule has 0 atom stereocenters. The van der Waals surface area contributed by atoms with Crippen molar-refractivity contribution in [2.75, 3.05) is 13.1 Å². The molecule has 104 valence electrons. The summed E-state index contributed by atoms with van der Waals surface area (Å²) in [6, 6.07) is 10.3. The largest absolute Gasteiger partial charge is 0.341 e. The molecule has 1 aliphatic heterocycles. The fourth-order valence-corrected chi connectivity index (χ4v) is 3.41. The summed E-state index contributed by atoms with van der Waals surface area (Å²) in [7, 11) is 0. The van der Waals surface area contributed by atoms with Gasteiger partial charge in [0.2, 0.25) is 5.91 Å². The number of carbonyl (C=O) groups is 1. The van der Waals surface area contributed by atoms with Gasteiger partial charge in [-0.2, -0.15) is 0 Å². The van der Waals surface area contributed by atoms with E-state index in [4.69, 9.17) is 5.73 Å². The van der Waals surface area contributed by atoms with Crippen LogP contribution in [0.1, 0.15) is 26.7 Å². The van der Waals surface area contributed by atoms with Gasteiger partial charge in [-0.05, 0) is 38.8 Å². The standard InChI is InChI=1S/C15H22N2OS/c1-15(2,19-13-6-4-3-5-7-13)14(18)17-10-8-12(16)9-11-17/h3-7,12H,8-11,16H2,1-2H3. The van der Waals surface area contributed by atoms with Crippen LogP contribution in [-0.2, 0) is 4.79 Å². The summed E-state index contributed by atoms with van der Waals surface area (Å²) >= 11 is 1.63.